The summed E-state index contributed by atoms with van der Waals surface area (Å²) in [5.74, 6) is 0.123. The topological polar surface area (TPSA) is 103 Å². The van der Waals surface area contributed by atoms with Crippen molar-refractivity contribution in [3.8, 4) is 0 Å². The van der Waals surface area contributed by atoms with E-state index in [-0.39, 0.29) is 10.9 Å². The van der Waals surface area contributed by atoms with Crippen LogP contribution in [0.1, 0.15) is 6.92 Å². The number of nitrogens with one attached hydrogen (secondary N) is 1. The lowest BCUT2D eigenvalue weighted by Crippen LogP contribution is -2.36. The molecule has 0 saturated heterocycles. The molecule has 1 heterocycles. The molecule has 0 aliphatic rings. The van der Waals surface area contributed by atoms with Crippen LogP contribution in [0.15, 0.2) is 6.33 Å². The number of thiocarbonyl (C=S) groups is 1. The first-order valence-corrected chi connectivity index (χ1v) is 5.95. The molecule has 0 aliphatic carbocycles. The van der Waals surface area contributed by atoms with Gasteiger partial charge < -0.3 is 5.73 Å². The number of aryl methyl sites for hydroxylation is 1. The largest absolute Gasteiger partial charge is 0.392 e. The molecule has 0 spiro atoms. The lowest BCUT2D eigenvalue weighted by atomic mass is 10.5. The highest BCUT2D eigenvalue weighted by atomic mass is 32.2. The van der Waals surface area contributed by atoms with Gasteiger partial charge in [-0.3, -0.25) is 4.72 Å². The minimum atomic E-state index is -3.64. The first-order chi connectivity index (χ1) is 6.84. The summed E-state index contributed by atoms with van der Waals surface area (Å²) >= 11 is 4.61. The number of aromatic nitrogens is 3. The van der Waals surface area contributed by atoms with Crippen molar-refractivity contribution in [3.05, 3.63) is 6.33 Å². The van der Waals surface area contributed by atoms with E-state index in [2.05, 4.69) is 27.0 Å². The Morgan fingerprint density at radius 2 is 2.33 bits per heavy atom. The van der Waals surface area contributed by atoms with Gasteiger partial charge >= 0.3 is 0 Å². The second-order valence-corrected chi connectivity index (χ2v) is 5.37. The molecule has 0 aromatic carbocycles. The van der Waals surface area contributed by atoms with Crippen LogP contribution >= 0.6 is 12.2 Å². The van der Waals surface area contributed by atoms with E-state index >= 15 is 0 Å². The summed E-state index contributed by atoms with van der Waals surface area (Å²) in [6.07, 6.45) is 1.24. The van der Waals surface area contributed by atoms with Crippen molar-refractivity contribution < 1.29 is 8.42 Å². The van der Waals surface area contributed by atoms with Crippen LogP contribution < -0.4 is 10.5 Å². The van der Waals surface area contributed by atoms with Crippen molar-refractivity contribution in [2.24, 2.45) is 12.8 Å². The van der Waals surface area contributed by atoms with Gasteiger partial charge in [-0.05, 0) is 6.92 Å². The Morgan fingerprint density at radius 3 is 2.73 bits per heavy atom. The fraction of sp³-hybridized carbons (Fsp3) is 0.500. The highest BCUT2D eigenvalue weighted by Gasteiger charge is 2.24. The summed E-state index contributed by atoms with van der Waals surface area (Å²) in [5, 5.41) is 2.77. The second kappa shape index (κ2) is 4.11. The molecule has 1 rings (SSSR count). The first kappa shape index (κ1) is 11.9. The number of rotatable bonds is 4. The average Bonchev–Trinajstić information content (AvgIpc) is 2.50. The maximum Gasteiger partial charge on any atom is 0.244 e. The van der Waals surface area contributed by atoms with E-state index in [9.17, 15) is 8.42 Å². The summed E-state index contributed by atoms with van der Waals surface area (Å²) in [6.45, 7) is 1.40. The number of anilines is 1. The minimum absolute atomic E-state index is 0.0929. The predicted molar refractivity (Wildman–Crippen MR) is 59.8 cm³/mol. The van der Waals surface area contributed by atoms with Crippen LogP contribution in [0.5, 0.6) is 0 Å². The normalized spacial score (nSPS) is 13.5. The molecular weight excluding hydrogens is 238 g/mol. The van der Waals surface area contributed by atoms with Gasteiger partial charge in [-0.1, -0.05) is 12.2 Å². The summed E-state index contributed by atoms with van der Waals surface area (Å²) in [6, 6.07) is 0. The van der Waals surface area contributed by atoms with E-state index in [1.807, 2.05) is 0 Å². The first-order valence-electron chi connectivity index (χ1n) is 3.99. The lowest BCUT2D eigenvalue weighted by Gasteiger charge is -2.12. The van der Waals surface area contributed by atoms with E-state index in [1.54, 1.807) is 7.05 Å². The smallest absolute Gasteiger partial charge is 0.244 e. The zero-order valence-electron chi connectivity index (χ0n) is 8.21. The van der Waals surface area contributed by atoms with Gasteiger partial charge in [-0.2, -0.15) is 10.1 Å². The Labute approximate surface area is 92.7 Å². The molecule has 0 radical (unpaired) electrons. The zero-order valence-corrected chi connectivity index (χ0v) is 9.84. The van der Waals surface area contributed by atoms with Crippen molar-refractivity contribution >= 4 is 33.2 Å². The van der Waals surface area contributed by atoms with Crippen LogP contribution in [0.4, 0.5) is 5.95 Å². The average molecular weight is 249 g/mol. The molecule has 1 aromatic rings. The van der Waals surface area contributed by atoms with Crippen LogP contribution in [0, 0.1) is 0 Å². The quantitative estimate of drug-likeness (QED) is 0.679. The fourth-order valence-electron chi connectivity index (χ4n) is 0.757. The summed E-state index contributed by atoms with van der Waals surface area (Å²) < 4.78 is 26.8. The number of hydrogen-bond acceptors (Lipinski definition) is 5. The van der Waals surface area contributed by atoms with Crippen LogP contribution in [0.3, 0.4) is 0 Å². The predicted octanol–water partition coefficient (Wildman–Crippen LogP) is -0.769. The van der Waals surface area contributed by atoms with Gasteiger partial charge in [0, 0.05) is 7.05 Å². The molecule has 1 atom stereocenters. The standard InChI is InChI=1S/C6H11N5O2S2/c1-4(5(7)14)15(12,13)10-6-8-3-9-11(6)2/h3-4H,1-2H3,(H2,7,14)(H,8,9,10). The van der Waals surface area contributed by atoms with E-state index in [4.69, 9.17) is 5.73 Å². The third kappa shape index (κ3) is 2.63. The van der Waals surface area contributed by atoms with Crippen molar-refractivity contribution in [1.82, 2.24) is 14.8 Å². The third-order valence-electron chi connectivity index (χ3n) is 1.81. The molecular formula is C6H11N5O2S2. The molecule has 15 heavy (non-hydrogen) atoms. The lowest BCUT2D eigenvalue weighted by molar-refractivity contribution is 0.597. The molecule has 3 N–H and O–H groups in total. The fourth-order valence-corrected chi connectivity index (χ4v) is 2.06. The van der Waals surface area contributed by atoms with E-state index in [1.165, 1.54) is 17.9 Å². The number of nitrogens with two attached hydrogens (primary N) is 1. The van der Waals surface area contributed by atoms with Gasteiger partial charge in [0.15, 0.2) is 0 Å². The molecule has 0 amide bonds. The maximum atomic E-state index is 11.6. The van der Waals surface area contributed by atoms with Crippen LogP contribution in [0.25, 0.3) is 0 Å². The van der Waals surface area contributed by atoms with Crippen LogP contribution in [-0.2, 0) is 17.1 Å². The van der Waals surface area contributed by atoms with Gasteiger partial charge in [-0.15, -0.1) is 0 Å². The summed E-state index contributed by atoms with van der Waals surface area (Å²) in [5.41, 5.74) is 5.26. The van der Waals surface area contributed by atoms with Gasteiger partial charge in [-0.25, -0.2) is 13.1 Å². The Hall–Kier alpha value is -1.22. The Morgan fingerprint density at radius 1 is 1.73 bits per heavy atom. The number of sulfonamides is 1. The monoisotopic (exact) mass is 249 g/mol. The summed E-state index contributed by atoms with van der Waals surface area (Å²) in [7, 11) is -2.08. The van der Waals surface area contributed by atoms with Crippen molar-refractivity contribution in [2.45, 2.75) is 12.2 Å². The maximum absolute atomic E-state index is 11.6. The molecule has 1 aromatic heterocycles. The minimum Gasteiger partial charge on any atom is -0.392 e. The molecule has 0 saturated carbocycles. The highest BCUT2D eigenvalue weighted by Crippen LogP contribution is 2.07. The van der Waals surface area contributed by atoms with Gasteiger partial charge in [0.1, 0.15) is 11.6 Å². The summed E-state index contributed by atoms with van der Waals surface area (Å²) in [4.78, 5) is 3.63. The highest BCUT2D eigenvalue weighted by molar-refractivity contribution is 7.95. The molecule has 0 fully saturated rings. The Bertz CT molecular complexity index is 466. The van der Waals surface area contributed by atoms with Crippen molar-refractivity contribution in [2.75, 3.05) is 4.72 Å². The van der Waals surface area contributed by atoms with E-state index < -0.39 is 15.3 Å². The third-order valence-corrected chi connectivity index (χ3v) is 3.97. The molecule has 0 bridgehead atoms. The van der Waals surface area contributed by atoms with E-state index in [0.717, 1.165) is 0 Å². The zero-order chi connectivity index (χ0) is 11.6. The Kier molecular flexibility index (Phi) is 3.25. The SMILES string of the molecule is CC(C(N)=S)S(=O)(=O)Nc1ncnn1C. The molecule has 0 aliphatic heterocycles. The van der Waals surface area contributed by atoms with E-state index in [0.29, 0.717) is 0 Å². The second-order valence-electron chi connectivity index (χ2n) is 2.90. The number of hydrogen-bond donors (Lipinski definition) is 2. The van der Waals surface area contributed by atoms with Crippen LogP contribution in [-0.4, -0.2) is 33.4 Å². The molecule has 84 valence electrons. The van der Waals surface area contributed by atoms with Gasteiger partial charge in [0.2, 0.25) is 16.0 Å². The van der Waals surface area contributed by atoms with Gasteiger partial charge in [0.25, 0.3) is 0 Å². The van der Waals surface area contributed by atoms with Crippen molar-refractivity contribution in [3.63, 3.8) is 0 Å². The van der Waals surface area contributed by atoms with Crippen LogP contribution in [0.2, 0.25) is 0 Å². The molecule has 1 unspecified atom stereocenters. The van der Waals surface area contributed by atoms with Gasteiger partial charge in [0.05, 0.1) is 4.99 Å². The molecule has 7 nitrogen and oxygen atoms in total. The van der Waals surface area contributed by atoms with Crippen molar-refractivity contribution in [1.29, 1.82) is 0 Å². The Balaban J connectivity index is 2.91. The molecule has 9 heteroatoms. The number of nitrogens with zero attached hydrogens (tertiary/aromatic N) is 3.